The van der Waals surface area contributed by atoms with Crippen LogP contribution in [0.15, 0.2) is 54.7 Å². The number of nitrogens with one attached hydrogen (secondary N) is 1. The minimum atomic E-state index is -4.35. The van der Waals surface area contributed by atoms with E-state index >= 15 is 0 Å². The Morgan fingerprint density at radius 1 is 1.00 bits per heavy atom. The Balaban J connectivity index is 1.80. The highest BCUT2D eigenvalue weighted by Gasteiger charge is 2.30. The minimum absolute atomic E-state index is 0.131. The Morgan fingerprint density at radius 3 is 2.29 bits per heavy atom. The van der Waals surface area contributed by atoms with Crippen molar-refractivity contribution in [2.75, 3.05) is 6.54 Å². The van der Waals surface area contributed by atoms with Gasteiger partial charge in [0, 0.05) is 29.4 Å². The zero-order valence-corrected chi connectivity index (χ0v) is 16.1. The molecule has 0 aliphatic rings. The van der Waals surface area contributed by atoms with E-state index in [1.165, 1.54) is 12.1 Å². The highest BCUT2D eigenvalue weighted by atomic mass is 19.4. The largest absolute Gasteiger partial charge is 0.416 e. The summed E-state index contributed by atoms with van der Waals surface area (Å²) in [4.78, 5) is 12.4. The second-order valence-electron chi connectivity index (χ2n) is 8.07. The van der Waals surface area contributed by atoms with Crippen LogP contribution in [0.3, 0.4) is 0 Å². The van der Waals surface area contributed by atoms with Crippen LogP contribution in [0.4, 0.5) is 13.2 Å². The Bertz CT molecular complexity index is 980. The summed E-state index contributed by atoms with van der Waals surface area (Å²) in [7, 11) is 0. The highest BCUT2D eigenvalue weighted by molar-refractivity contribution is 5.98. The number of hydrogen-bond acceptors (Lipinski definition) is 1. The lowest BCUT2D eigenvalue weighted by atomic mass is 9.92. The first-order valence-corrected chi connectivity index (χ1v) is 9.11. The zero-order valence-electron chi connectivity index (χ0n) is 16.1. The molecule has 28 heavy (non-hydrogen) atoms. The summed E-state index contributed by atoms with van der Waals surface area (Å²) in [5.74, 6) is -0.131. The summed E-state index contributed by atoms with van der Waals surface area (Å²) >= 11 is 0. The number of carbonyl (C=O) groups excluding carboxylic acids is 1. The Hall–Kier alpha value is -2.76. The van der Waals surface area contributed by atoms with Crippen molar-refractivity contribution in [1.82, 2.24) is 9.88 Å². The zero-order chi connectivity index (χ0) is 20.5. The molecule has 0 aliphatic carbocycles. The van der Waals surface area contributed by atoms with Gasteiger partial charge >= 0.3 is 6.18 Å². The molecule has 0 spiro atoms. The summed E-state index contributed by atoms with van der Waals surface area (Å²) in [6.45, 7) is 6.96. The molecule has 0 saturated carbocycles. The van der Waals surface area contributed by atoms with Crippen molar-refractivity contribution in [3.63, 3.8) is 0 Å². The predicted molar refractivity (Wildman–Crippen MR) is 105 cm³/mol. The van der Waals surface area contributed by atoms with Gasteiger partial charge in [-0.3, -0.25) is 4.79 Å². The van der Waals surface area contributed by atoms with Crippen molar-refractivity contribution in [3.8, 4) is 5.69 Å². The number of alkyl halides is 3. The molecular weight excluding hydrogens is 365 g/mol. The Morgan fingerprint density at radius 2 is 1.68 bits per heavy atom. The molecule has 2 aromatic carbocycles. The predicted octanol–water partition coefficient (Wildman–Crippen LogP) is 5.82. The quantitative estimate of drug-likeness (QED) is 0.601. The lowest BCUT2D eigenvalue weighted by Gasteiger charge is -2.18. The van der Waals surface area contributed by atoms with Crippen LogP contribution in [0.1, 0.15) is 43.1 Å². The first kappa shape index (κ1) is 20.0. The van der Waals surface area contributed by atoms with E-state index in [1.807, 2.05) is 12.1 Å². The van der Waals surface area contributed by atoms with E-state index in [2.05, 4.69) is 26.1 Å². The molecule has 0 fully saturated rings. The molecule has 1 aromatic heterocycles. The Labute approximate surface area is 162 Å². The SMILES string of the molecule is CC(C)(C)CCNC(=O)c1ccc2c(ccn2-c2ccc(C(F)(F)F)cc2)c1. The molecule has 3 nitrogen and oxygen atoms in total. The van der Waals surface area contributed by atoms with Gasteiger partial charge in [-0.2, -0.15) is 13.2 Å². The normalized spacial score (nSPS) is 12.4. The van der Waals surface area contributed by atoms with Crippen molar-refractivity contribution in [3.05, 3.63) is 65.9 Å². The summed E-state index contributed by atoms with van der Waals surface area (Å²) < 4.78 is 40.0. The van der Waals surface area contributed by atoms with Gasteiger partial charge in [0.05, 0.1) is 11.1 Å². The van der Waals surface area contributed by atoms with Gasteiger partial charge in [-0.05, 0) is 60.4 Å². The van der Waals surface area contributed by atoms with E-state index in [0.29, 0.717) is 17.8 Å². The molecule has 1 amide bonds. The molecule has 3 aromatic rings. The molecule has 0 radical (unpaired) electrons. The minimum Gasteiger partial charge on any atom is -0.352 e. The van der Waals surface area contributed by atoms with Crippen molar-refractivity contribution in [1.29, 1.82) is 0 Å². The maximum absolute atomic E-state index is 12.7. The van der Waals surface area contributed by atoms with Crippen molar-refractivity contribution in [2.24, 2.45) is 5.41 Å². The number of rotatable bonds is 4. The highest BCUT2D eigenvalue weighted by Crippen LogP contribution is 2.30. The monoisotopic (exact) mass is 388 g/mol. The van der Waals surface area contributed by atoms with Crippen molar-refractivity contribution in [2.45, 2.75) is 33.4 Å². The lowest BCUT2D eigenvalue weighted by molar-refractivity contribution is -0.137. The summed E-state index contributed by atoms with van der Waals surface area (Å²) in [5.41, 5.74) is 1.49. The van der Waals surface area contributed by atoms with Gasteiger partial charge in [-0.25, -0.2) is 0 Å². The maximum Gasteiger partial charge on any atom is 0.416 e. The van der Waals surface area contributed by atoms with Gasteiger partial charge in [-0.1, -0.05) is 20.8 Å². The second-order valence-corrected chi connectivity index (χ2v) is 8.07. The fourth-order valence-corrected chi connectivity index (χ4v) is 2.97. The average molecular weight is 388 g/mol. The average Bonchev–Trinajstić information content (AvgIpc) is 3.03. The maximum atomic E-state index is 12.7. The van der Waals surface area contributed by atoms with Gasteiger partial charge in [-0.15, -0.1) is 0 Å². The van der Waals surface area contributed by atoms with Crippen LogP contribution in [0.2, 0.25) is 0 Å². The fraction of sp³-hybridized carbons (Fsp3) is 0.318. The smallest absolute Gasteiger partial charge is 0.352 e. The van der Waals surface area contributed by atoms with Crippen LogP contribution in [0, 0.1) is 5.41 Å². The number of carbonyl (C=O) groups is 1. The van der Waals surface area contributed by atoms with Gasteiger partial charge < -0.3 is 9.88 Å². The van der Waals surface area contributed by atoms with E-state index in [-0.39, 0.29) is 11.3 Å². The van der Waals surface area contributed by atoms with E-state index in [9.17, 15) is 18.0 Å². The molecule has 0 unspecified atom stereocenters. The van der Waals surface area contributed by atoms with Crippen LogP contribution < -0.4 is 5.32 Å². The van der Waals surface area contributed by atoms with Crippen LogP contribution in [-0.2, 0) is 6.18 Å². The molecule has 1 heterocycles. The number of halogens is 3. The lowest BCUT2D eigenvalue weighted by Crippen LogP contribution is -2.27. The fourth-order valence-electron chi connectivity index (χ4n) is 2.97. The van der Waals surface area contributed by atoms with E-state index in [0.717, 1.165) is 29.5 Å². The van der Waals surface area contributed by atoms with Crippen LogP contribution in [0.25, 0.3) is 16.6 Å². The summed E-state index contributed by atoms with van der Waals surface area (Å²) in [6, 6.07) is 12.2. The number of fused-ring (bicyclic) bond motifs is 1. The third-order valence-corrected chi connectivity index (χ3v) is 4.59. The second kappa shape index (κ2) is 7.34. The van der Waals surface area contributed by atoms with Crippen molar-refractivity contribution < 1.29 is 18.0 Å². The van der Waals surface area contributed by atoms with Gasteiger partial charge in [0.15, 0.2) is 0 Å². The summed E-state index contributed by atoms with van der Waals surface area (Å²) in [6.07, 6.45) is -1.69. The number of aromatic nitrogens is 1. The molecule has 1 N–H and O–H groups in total. The topological polar surface area (TPSA) is 34.0 Å². The molecular formula is C22H23F3N2O. The number of nitrogens with zero attached hydrogens (tertiary/aromatic N) is 1. The van der Waals surface area contributed by atoms with E-state index in [1.54, 1.807) is 22.9 Å². The van der Waals surface area contributed by atoms with Gasteiger partial charge in [0.1, 0.15) is 0 Å². The van der Waals surface area contributed by atoms with Crippen LogP contribution >= 0.6 is 0 Å². The van der Waals surface area contributed by atoms with Gasteiger partial charge in [0.25, 0.3) is 5.91 Å². The number of benzene rings is 2. The molecule has 3 rings (SSSR count). The van der Waals surface area contributed by atoms with E-state index < -0.39 is 11.7 Å². The molecule has 148 valence electrons. The first-order chi connectivity index (χ1) is 13.0. The molecule has 0 atom stereocenters. The van der Waals surface area contributed by atoms with E-state index in [4.69, 9.17) is 0 Å². The first-order valence-electron chi connectivity index (χ1n) is 9.11. The third-order valence-electron chi connectivity index (χ3n) is 4.59. The molecule has 0 aliphatic heterocycles. The summed E-state index contributed by atoms with van der Waals surface area (Å²) in [5, 5.41) is 3.78. The molecule has 0 bridgehead atoms. The van der Waals surface area contributed by atoms with Crippen molar-refractivity contribution >= 4 is 16.8 Å². The number of hydrogen-bond donors (Lipinski definition) is 1. The van der Waals surface area contributed by atoms with Crippen LogP contribution in [-0.4, -0.2) is 17.0 Å². The molecule has 0 saturated heterocycles. The Kier molecular flexibility index (Phi) is 5.24. The number of amides is 1. The third kappa shape index (κ3) is 4.55. The van der Waals surface area contributed by atoms with Gasteiger partial charge in [0.2, 0.25) is 0 Å². The molecule has 6 heteroatoms. The standard InChI is InChI=1S/C22H23F3N2O/c1-21(2,3)11-12-26-20(28)16-4-9-19-15(14-16)10-13-27(19)18-7-5-17(6-8-18)22(23,24)25/h4-10,13-14H,11-12H2,1-3H3,(H,26,28). The van der Waals surface area contributed by atoms with Crippen LogP contribution in [0.5, 0.6) is 0 Å².